The van der Waals surface area contributed by atoms with Crippen LogP contribution < -0.4 is 10.2 Å². The molecule has 33 heavy (non-hydrogen) atoms. The quantitative estimate of drug-likeness (QED) is 0.323. The van der Waals surface area contributed by atoms with Crippen LogP contribution in [0, 0.1) is 5.92 Å². The van der Waals surface area contributed by atoms with E-state index in [1.165, 1.54) is 5.69 Å². The van der Waals surface area contributed by atoms with Crippen molar-refractivity contribution in [2.24, 2.45) is 5.92 Å². The number of H-pyrrole nitrogens is 1. The van der Waals surface area contributed by atoms with E-state index < -0.39 is 0 Å². The highest BCUT2D eigenvalue weighted by molar-refractivity contribution is 6.39. The van der Waals surface area contributed by atoms with Gasteiger partial charge in [0.2, 0.25) is 5.91 Å². The fourth-order valence-corrected chi connectivity index (χ4v) is 4.91. The van der Waals surface area contributed by atoms with E-state index in [4.69, 9.17) is 23.2 Å². The van der Waals surface area contributed by atoms with Gasteiger partial charge in [0.15, 0.2) is 5.82 Å². The van der Waals surface area contributed by atoms with Crippen molar-refractivity contribution in [3.63, 3.8) is 0 Å². The molecule has 1 fully saturated rings. The Bertz CT molecular complexity index is 1250. The van der Waals surface area contributed by atoms with Crippen LogP contribution in [0.3, 0.4) is 0 Å². The van der Waals surface area contributed by atoms with Crippen LogP contribution in [0.2, 0.25) is 10.0 Å². The molecular formula is C25H23Cl3N4O. The molecule has 0 radical (unpaired) electrons. The molecule has 0 bridgehead atoms. The number of anilines is 2. The van der Waals surface area contributed by atoms with E-state index in [0.717, 1.165) is 48.0 Å². The molecule has 0 aliphatic carbocycles. The number of carbonyl (C=O) groups is 1. The molecule has 0 spiro atoms. The van der Waals surface area contributed by atoms with Crippen LogP contribution in [0.5, 0.6) is 0 Å². The lowest BCUT2D eigenvalue weighted by Crippen LogP contribution is -2.38. The monoisotopic (exact) mass is 500 g/mol. The highest BCUT2D eigenvalue weighted by atomic mass is 35.5. The first-order chi connectivity index (χ1) is 15.6. The number of fused-ring (bicyclic) bond motifs is 1. The van der Waals surface area contributed by atoms with Gasteiger partial charge in [-0.25, -0.2) is 0 Å². The Kier molecular flexibility index (Phi) is 7.13. The second kappa shape index (κ2) is 10.0. The van der Waals surface area contributed by atoms with Gasteiger partial charge in [-0.2, -0.15) is 5.10 Å². The van der Waals surface area contributed by atoms with E-state index in [1.807, 2.05) is 54.6 Å². The molecule has 170 valence electrons. The summed E-state index contributed by atoms with van der Waals surface area (Å²) in [4.78, 5) is 15.3. The smallest absolute Gasteiger partial charge is 0.228 e. The lowest BCUT2D eigenvalue weighted by molar-refractivity contribution is -0.120. The maximum Gasteiger partial charge on any atom is 0.228 e. The van der Waals surface area contributed by atoms with Crippen LogP contribution in [-0.4, -0.2) is 29.2 Å². The number of amides is 1. The standard InChI is InChI=1S/C25H22Cl2N4O.ClH/c26-20-7-4-8-21(27)23(20)17-9-10-22-19(15-17)24(30-29-22)28-25(32)16-11-13-31(14-12-16)18-5-2-1-3-6-18;/h1-10,15-16H,11-14H2,(H2,28,29,30,32);1H. The summed E-state index contributed by atoms with van der Waals surface area (Å²) in [6.45, 7) is 1.72. The third kappa shape index (κ3) is 4.81. The highest BCUT2D eigenvalue weighted by Crippen LogP contribution is 2.37. The van der Waals surface area contributed by atoms with Crippen LogP contribution in [0.1, 0.15) is 12.8 Å². The molecule has 1 aliphatic rings. The number of hydrogen-bond donors (Lipinski definition) is 2. The number of aromatic nitrogens is 2. The molecule has 1 aliphatic heterocycles. The van der Waals surface area contributed by atoms with Gasteiger partial charge in [0.05, 0.1) is 5.52 Å². The summed E-state index contributed by atoms with van der Waals surface area (Å²) >= 11 is 12.8. The fourth-order valence-electron chi connectivity index (χ4n) is 4.30. The summed E-state index contributed by atoms with van der Waals surface area (Å²) in [5.74, 6) is 0.496. The number of carbonyl (C=O) groups excluding carboxylic acids is 1. The first kappa shape index (κ1) is 23.4. The minimum absolute atomic E-state index is 0. The number of benzene rings is 3. The maximum atomic E-state index is 13.0. The van der Waals surface area contributed by atoms with Crippen molar-refractivity contribution < 1.29 is 4.79 Å². The SMILES string of the molecule is Cl.O=C(Nc1n[nH]c2ccc(-c3c(Cl)cccc3Cl)cc12)C1CCN(c2ccccc2)CC1. The summed E-state index contributed by atoms with van der Waals surface area (Å²) in [6, 6.07) is 21.6. The Morgan fingerprint density at radius 2 is 1.67 bits per heavy atom. The van der Waals surface area contributed by atoms with Crippen molar-refractivity contribution in [3.8, 4) is 11.1 Å². The number of nitrogens with zero attached hydrogens (tertiary/aromatic N) is 2. The van der Waals surface area contributed by atoms with Crippen molar-refractivity contribution in [3.05, 3.63) is 76.8 Å². The lowest BCUT2D eigenvalue weighted by atomic mass is 9.95. The van der Waals surface area contributed by atoms with Crippen molar-refractivity contribution >= 4 is 63.9 Å². The summed E-state index contributed by atoms with van der Waals surface area (Å²) in [6.07, 6.45) is 1.62. The predicted molar refractivity (Wildman–Crippen MR) is 139 cm³/mol. The molecule has 1 amide bonds. The third-order valence-electron chi connectivity index (χ3n) is 6.04. The van der Waals surface area contributed by atoms with Gasteiger partial charge in [-0.3, -0.25) is 9.89 Å². The average Bonchev–Trinajstić information content (AvgIpc) is 3.22. The largest absolute Gasteiger partial charge is 0.371 e. The second-order valence-corrected chi connectivity index (χ2v) is 8.83. The molecule has 2 heterocycles. The minimum atomic E-state index is -0.0390. The van der Waals surface area contributed by atoms with E-state index in [9.17, 15) is 4.79 Å². The molecule has 4 aromatic rings. The van der Waals surface area contributed by atoms with Crippen LogP contribution in [0.25, 0.3) is 22.0 Å². The van der Waals surface area contributed by atoms with Gasteiger partial charge in [0.25, 0.3) is 0 Å². The van der Waals surface area contributed by atoms with E-state index in [-0.39, 0.29) is 24.2 Å². The van der Waals surface area contributed by atoms with Crippen LogP contribution in [0.15, 0.2) is 66.7 Å². The van der Waals surface area contributed by atoms with Crippen LogP contribution in [0.4, 0.5) is 11.5 Å². The van der Waals surface area contributed by atoms with E-state index in [0.29, 0.717) is 15.9 Å². The molecule has 5 rings (SSSR count). The topological polar surface area (TPSA) is 61.0 Å². The number of halogens is 3. The molecule has 2 N–H and O–H groups in total. The van der Waals surface area contributed by atoms with E-state index in [2.05, 4.69) is 32.5 Å². The number of nitrogens with one attached hydrogen (secondary N) is 2. The Labute approximate surface area is 208 Å². The zero-order valence-electron chi connectivity index (χ0n) is 17.7. The second-order valence-electron chi connectivity index (χ2n) is 8.02. The van der Waals surface area contributed by atoms with Gasteiger partial charge in [-0.15, -0.1) is 12.4 Å². The zero-order valence-corrected chi connectivity index (χ0v) is 20.1. The van der Waals surface area contributed by atoms with Crippen LogP contribution >= 0.6 is 35.6 Å². The van der Waals surface area contributed by atoms with Crippen molar-refractivity contribution in [1.82, 2.24) is 10.2 Å². The lowest BCUT2D eigenvalue weighted by Gasteiger charge is -2.32. The molecule has 3 aromatic carbocycles. The van der Waals surface area contributed by atoms with Gasteiger partial charge in [0.1, 0.15) is 0 Å². The predicted octanol–water partition coefficient (Wildman–Crippen LogP) is 6.81. The Morgan fingerprint density at radius 3 is 2.36 bits per heavy atom. The van der Waals surface area contributed by atoms with Gasteiger partial charge in [-0.05, 0) is 54.8 Å². The molecule has 8 heteroatoms. The van der Waals surface area contributed by atoms with Crippen molar-refractivity contribution in [1.29, 1.82) is 0 Å². The first-order valence-electron chi connectivity index (χ1n) is 10.6. The molecule has 5 nitrogen and oxygen atoms in total. The Morgan fingerprint density at radius 1 is 0.970 bits per heavy atom. The normalized spacial score (nSPS) is 14.2. The van der Waals surface area contributed by atoms with Crippen molar-refractivity contribution in [2.75, 3.05) is 23.3 Å². The maximum absolute atomic E-state index is 13.0. The number of aromatic amines is 1. The number of piperidine rings is 1. The van der Waals surface area contributed by atoms with Gasteiger partial charge < -0.3 is 10.2 Å². The van der Waals surface area contributed by atoms with Gasteiger partial charge in [-0.1, -0.05) is 53.5 Å². The molecule has 1 saturated heterocycles. The summed E-state index contributed by atoms with van der Waals surface area (Å²) < 4.78 is 0. The van der Waals surface area contributed by atoms with Gasteiger partial charge >= 0.3 is 0 Å². The highest BCUT2D eigenvalue weighted by Gasteiger charge is 2.26. The summed E-state index contributed by atoms with van der Waals surface area (Å²) in [5, 5.41) is 12.4. The number of rotatable bonds is 4. The summed E-state index contributed by atoms with van der Waals surface area (Å²) in [7, 11) is 0. The minimum Gasteiger partial charge on any atom is -0.371 e. The molecule has 0 unspecified atom stereocenters. The molecule has 0 atom stereocenters. The average molecular weight is 502 g/mol. The fraction of sp³-hybridized carbons (Fsp3) is 0.200. The Balaban J connectivity index is 0.00000259. The molecular weight excluding hydrogens is 479 g/mol. The molecule has 0 saturated carbocycles. The van der Waals surface area contributed by atoms with E-state index in [1.54, 1.807) is 0 Å². The zero-order chi connectivity index (χ0) is 22.1. The van der Waals surface area contributed by atoms with Crippen LogP contribution in [-0.2, 0) is 4.79 Å². The van der Waals surface area contributed by atoms with E-state index >= 15 is 0 Å². The summed E-state index contributed by atoms with van der Waals surface area (Å²) in [5.41, 5.74) is 3.69. The number of para-hydroxylation sites is 1. The first-order valence-corrected chi connectivity index (χ1v) is 11.4. The number of hydrogen-bond acceptors (Lipinski definition) is 3. The van der Waals surface area contributed by atoms with Crippen molar-refractivity contribution in [2.45, 2.75) is 12.8 Å². The third-order valence-corrected chi connectivity index (χ3v) is 6.67. The molecule has 1 aromatic heterocycles. The van der Waals surface area contributed by atoms with Gasteiger partial charge in [0, 0.05) is 45.7 Å². The Hall–Kier alpha value is -2.73.